The number of fused-ring (bicyclic) bond motifs is 1. The Hall–Kier alpha value is -1.48. The summed E-state index contributed by atoms with van der Waals surface area (Å²) in [6.07, 6.45) is 4.53. The number of aryl methyl sites for hydroxylation is 1. The fraction of sp³-hybridized carbons (Fsp3) is 0.333. The number of hydrogen-bond acceptors (Lipinski definition) is 3. The van der Waals surface area contributed by atoms with Gasteiger partial charge in [-0.05, 0) is 31.0 Å². The van der Waals surface area contributed by atoms with E-state index in [0.29, 0.717) is 0 Å². The van der Waals surface area contributed by atoms with Crippen LogP contribution < -0.4 is 5.32 Å². The second-order valence-electron chi connectivity index (χ2n) is 3.88. The van der Waals surface area contributed by atoms with Crippen LogP contribution in [0.4, 0.5) is 0 Å². The van der Waals surface area contributed by atoms with Gasteiger partial charge in [0, 0.05) is 12.1 Å². The fourth-order valence-corrected chi connectivity index (χ4v) is 2.20. The highest BCUT2D eigenvalue weighted by Gasteiger charge is 2.26. The van der Waals surface area contributed by atoms with Gasteiger partial charge in [-0.25, -0.2) is 0 Å². The maximum Gasteiger partial charge on any atom is 0.128 e. The highest BCUT2D eigenvalue weighted by atomic mass is 16.3. The van der Waals surface area contributed by atoms with Gasteiger partial charge in [0.15, 0.2) is 0 Å². The zero-order valence-electron chi connectivity index (χ0n) is 8.62. The molecule has 0 spiro atoms. The van der Waals surface area contributed by atoms with E-state index < -0.39 is 0 Å². The summed E-state index contributed by atoms with van der Waals surface area (Å²) in [6, 6.07) is 4.21. The number of hydrogen-bond donors (Lipinski definition) is 1. The second kappa shape index (κ2) is 3.28. The molecule has 15 heavy (non-hydrogen) atoms. The number of rotatable bonds is 1. The molecule has 3 rings (SSSR count). The Morgan fingerprint density at radius 3 is 2.93 bits per heavy atom. The lowest BCUT2D eigenvalue weighted by Crippen LogP contribution is -2.29. The van der Waals surface area contributed by atoms with Crippen molar-refractivity contribution < 1.29 is 8.83 Å². The Morgan fingerprint density at radius 2 is 2.13 bits per heavy atom. The van der Waals surface area contributed by atoms with Crippen LogP contribution in [0.3, 0.4) is 0 Å². The molecule has 1 atom stereocenters. The third-order valence-electron chi connectivity index (χ3n) is 3.00. The molecular weight excluding hydrogens is 190 g/mol. The van der Waals surface area contributed by atoms with Crippen molar-refractivity contribution in [1.82, 2.24) is 5.32 Å². The number of furan rings is 2. The van der Waals surface area contributed by atoms with Crippen molar-refractivity contribution in [3.63, 3.8) is 0 Å². The Bertz CT molecular complexity index is 469. The van der Waals surface area contributed by atoms with E-state index in [1.54, 1.807) is 12.5 Å². The maximum absolute atomic E-state index is 5.54. The van der Waals surface area contributed by atoms with Crippen molar-refractivity contribution in [3.05, 3.63) is 47.3 Å². The highest BCUT2D eigenvalue weighted by molar-refractivity contribution is 5.34. The Labute approximate surface area is 88.1 Å². The molecule has 2 aromatic rings. The molecule has 0 saturated carbocycles. The summed E-state index contributed by atoms with van der Waals surface area (Å²) < 4.78 is 10.9. The molecule has 0 amide bonds. The molecule has 1 N–H and O–H groups in total. The van der Waals surface area contributed by atoms with Gasteiger partial charge >= 0.3 is 0 Å². The van der Waals surface area contributed by atoms with E-state index in [0.717, 1.165) is 24.5 Å². The summed E-state index contributed by atoms with van der Waals surface area (Å²) in [5, 5.41) is 3.45. The number of nitrogens with one attached hydrogen (secondary N) is 1. The van der Waals surface area contributed by atoms with Crippen LogP contribution in [-0.4, -0.2) is 6.54 Å². The zero-order valence-corrected chi connectivity index (χ0v) is 8.62. The van der Waals surface area contributed by atoms with Gasteiger partial charge in [-0.1, -0.05) is 0 Å². The van der Waals surface area contributed by atoms with Gasteiger partial charge in [-0.15, -0.1) is 0 Å². The molecule has 2 aromatic heterocycles. The minimum absolute atomic E-state index is 0.155. The molecule has 0 fully saturated rings. The van der Waals surface area contributed by atoms with Crippen LogP contribution in [0.1, 0.15) is 28.7 Å². The first-order valence-electron chi connectivity index (χ1n) is 5.20. The van der Waals surface area contributed by atoms with Crippen molar-refractivity contribution in [3.8, 4) is 0 Å². The molecule has 3 heteroatoms. The molecule has 1 aliphatic heterocycles. The molecule has 0 aliphatic carbocycles. The van der Waals surface area contributed by atoms with E-state index in [2.05, 4.69) is 11.4 Å². The largest absolute Gasteiger partial charge is 0.469 e. The first-order chi connectivity index (χ1) is 7.36. The third kappa shape index (κ3) is 1.31. The summed E-state index contributed by atoms with van der Waals surface area (Å²) in [7, 11) is 0. The lowest BCUT2D eigenvalue weighted by Gasteiger charge is -2.22. The van der Waals surface area contributed by atoms with E-state index in [-0.39, 0.29) is 6.04 Å². The van der Waals surface area contributed by atoms with Crippen molar-refractivity contribution in [2.75, 3.05) is 6.54 Å². The topological polar surface area (TPSA) is 38.3 Å². The molecule has 0 radical (unpaired) electrons. The molecular formula is C12H13NO2. The van der Waals surface area contributed by atoms with Crippen molar-refractivity contribution in [2.24, 2.45) is 0 Å². The van der Waals surface area contributed by atoms with Gasteiger partial charge in [-0.3, -0.25) is 0 Å². The maximum atomic E-state index is 5.54. The van der Waals surface area contributed by atoms with Crippen LogP contribution in [0.25, 0.3) is 0 Å². The summed E-state index contributed by atoms with van der Waals surface area (Å²) in [5.74, 6) is 1.99. The molecule has 0 saturated heterocycles. The lowest BCUT2D eigenvalue weighted by atomic mass is 9.97. The summed E-state index contributed by atoms with van der Waals surface area (Å²) >= 11 is 0. The van der Waals surface area contributed by atoms with Crippen LogP contribution in [0.2, 0.25) is 0 Å². The summed E-state index contributed by atoms with van der Waals surface area (Å²) in [6.45, 7) is 2.97. The quantitative estimate of drug-likeness (QED) is 0.773. The normalized spacial score (nSPS) is 20.2. The monoisotopic (exact) mass is 203 g/mol. The van der Waals surface area contributed by atoms with E-state index >= 15 is 0 Å². The average Bonchev–Trinajstić information content (AvgIpc) is 2.85. The smallest absolute Gasteiger partial charge is 0.128 e. The van der Waals surface area contributed by atoms with Crippen LogP contribution in [-0.2, 0) is 6.42 Å². The molecule has 3 nitrogen and oxygen atoms in total. The molecule has 78 valence electrons. The predicted molar refractivity (Wildman–Crippen MR) is 55.7 cm³/mol. The van der Waals surface area contributed by atoms with Crippen LogP contribution in [0.5, 0.6) is 0 Å². The third-order valence-corrected chi connectivity index (χ3v) is 3.00. The summed E-state index contributed by atoms with van der Waals surface area (Å²) in [5.41, 5.74) is 2.48. The Kier molecular flexibility index (Phi) is 1.92. The predicted octanol–water partition coefficient (Wildman–Crippen LogP) is 2.42. The molecule has 1 aliphatic rings. The average molecular weight is 203 g/mol. The molecule has 0 bridgehead atoms. The van der Waals surface area contributed by atoms with Gasteiger partial charge in [0.05, 0.1) is 18.6 Å². The fourth-order valence-electron chi connectivity index (χ4n) is 2.20. The summed E-state index contributed by atoms with van der Waals surface area (Å²) in [4.78, 5) is 0. The van der Waals surface area contributed by atoms with E-state index in [4.69, 9.17) is 8.83 Å². The molecule has 0 aromatic carbocycles. The van der Waals surface area contributed by atoms with E-state index in [1.807, 2.05) is 13.0 Å². The van der Waals surface area contributed by atoms with E-state index in [9.17, 15) is 0 Å². The Morgan fingerprint density at radius 1 is 1.27 bits per heavy atom. The first-order valence-corrected chi connectivity index (χ1v) is 5.20. The van der Waals surface area contributed by atoms with Gasteiger partial charge in [0.1, 0.15) is 11.5 Å². The van der Waals surface area contributed by atoms with Crippen molar-refractivity contribution in [1.29, 1.82) is 0 Å². The highest BCUT2D eigenvalue weighted by Crippen LogP contribution is 2.31. The van der Waals surface area contributed by atoms with Crippen LogP contribution >= 0.6 is 0 Å². The first kappa shape index (κ1) is 8.80. The van der Waals surface area contributed by atoms with Crippen molar-refractivity contribution >= 4 is 0 Å². The van der Waals surface area contributed by atoms with Crippen molar-refractivity contribution in [2.45, 2.75) is 19.4 Å². The van der Waals surface area contributed by atoms with Gasteiger partial charge in [0.2, 0.25) is 0 Å². The minimum atomic E-state index is 0.155. The lowest BCUT2D eigenvalue weighted by molar-refractivity contribution is 0.419. The second-order valence-corrected chi connectivity index (χ2v) is 3.88. The standard InChI is InChI=1S/C12H13NO2/c1-8-10(4-7-14-8)11-12-9(2-5-13-11)3-6-15-12/h3-4,6-7,11,13H,2,5H2,1H3. The van der Waals surface area contributed by atoms with Gasteiger partial charge in [-0.2, -0.15) is 0 Å². The van der Waals surface area contributed by atoms with Crippen LogP contribution in [0.15, 0.2) is 33.5 Å². The Balaban J connectivity index is 2.07. The van der Waals surface area contributed by atoms with Crippen LogP contribution in [0, 0.1) is 6.92 Å². The van der Waals surface area contributed by atoms with Gasteiger partial charge < -0.3 is 14.2 Å². The van der Waals surface area contributed by atoms with Gasteiger partial charge in [0.25, 0.3) is 0 Å². The SMILES string of the molecule is Cc1occc1C1NCCc2ccoc21. The minimum Gasteiger partial charge on any atom is -0.469 e. The zero-order chi connectivity index (χ0) is 10.3. The van der Waals surface area contributed by atoms with E-state index in [1.165, 1.54) is 11.1 Å². The molecule has 3 heterocycles. The molecule has 1 unspecified atom stereocenters.